The van der Waals surface area contributed by atoms with Gasteiger partial charge in [0.1, 0.15) is 0 Å². The van der Waals surface area contributed by atoms with E-state index >= 15 is 0 Å². The van der Waals surface area contributed by atoms with Crippen molar-refractivity contribution in [1.29, 1.82) is 0 Å². The number of benzene rings is 1. The number of rotatable bonds is 7. The summed E-state index contributed by atoms with van der Waals surface area (Å²) in [7, 11) is 0. The van der Waals surface area contributed by atoms with Gasteiger partial charge in [0, 0.05) is 50.4 Å². The molecule has 1 aromatic carbocycles. The Bertz CT molecular complexity index is 561. The van der Waals surface area contributed by atoms with E-state index in [1.54, 1.807) is 0 Å². The lowest BCUT2D eigenvalue weighted by atomic mass is 10.1. The zero-order valence-corrected chi connectivity index (χ0v) is 15.8. The Hall–Kier alpha value is -2.04. The second-order valence-electron chi connectivity index (χ2n) is 7.15. The van der Waals surface area contributed by atoms with Gasteiger partial charge in [0.25, 0.3) is 0 Å². The van der Waals surface area contributed by atoms with Crippen molar-refractivity contribution in [2.24, 2.45) is 5.92 Å². The molecule has 2 rings (SSSR count). The minimum atomic E-state index is 0.0736. The fraction of sp³-hybridized carbons (Fsp3) is 0.600. The van der Waals surface area contributed by atoms with Gasteiger partial charge in [-0.2, -0.15) is 0 Å². The van der Waals surface area contributed by atoms with E-state index in [4.69, 9.17) is 0 Å². The van der Waals surface area contributed by atoms with Crippen molar-refractivity contribution in [3.8, 4) is 0 Å². The molecule has 0 bridgehead atoms. The van der Waals surface area contributed by atoms with Crippen LogP contribution in [-0.2, 0) is 9.59 Å². The molecule has 5 nitrogen and oxygen atoms in total. The molecule has 0 saturated carbocycles. The third-order valence-corrected chi connectivity index (χ3v) is 4.56. The molecule has 1 N–H and O–H groups in total. The Morgan fingerprint density at radius 1 is 1.04 bits per heavy atom. The van der Waals surface area contributed by atoms with E-state index in [0.29, 0.717) is 18.8 Å². The van der Waals surface area contributed by atoms with Crippen LogP contribution in [0.15, 0.2) is 24.3 Å². The van der Waals surface area contributed by atoms with Crippen molar-refractivity contribution >= 4 is 23.2 Å². The fourth-order valence-electron chi connectivity index (χ4n) is 2.98. The Morgan fingerprint density at radius 2 is 1.68 bits per heavy atom. The van der Waals surface area contributed by atoms with Crippen LogP contribution >= 0.6 is 0 Å². The number of carbonyl (C=O) groups is 2. The van der Waals surface area contributed by atoms with Crippen LogP contribution < -0.4 is 10.2 Å². The quantitative estimate of drug-likeness (QED) is 0.823. The molecule has 1 saturated heterocycles. The molecule has 0 aliphatic carbocycles. The van der Waals surface area contributed by atoms with Gasteiger partial charge < -0.3 is 15.1 Å². The Morgan fingerprint density at radius 3 is 2.24 bits per heavy atom. The molecule has 0 aromatic heterocycles. The van der Waals surface area contributed by atoms with Gasteiger partial charge in [-0.1, -0.05) is 20.8 Å². The topological polar surface area (TPSA) is 52.7 Å². The van der Waals surface area contributed by atoms with Crippen molar-refractivity contribution < 1.29 is 9.59 Å². The van der Waals surface area contributed by atoms with Crippen LogP contribution in [-0.4, -0.2) is 42.9 Å². The van der Waals surface area contributed by atoms with Gasteiger partial charge in [0.05, 0.1) is 0 Å². The molecule has 1 aliphatic heterocycles. The number of hydrogen-bond acceptors (Lipinski definition) is 3. The van der Waals surface area contributed by atoms with Gasteiger partial charge in [0.15, 0.2) is 0 Å². The first-order valence-corrected chi connectivity index (χ1v) is 9.42. The summed E-state index contributed by atoms with van der Waals surface area (Å²) < 4.78 is 0. The monoisotopic (exact) mass is 345 g/mol. The maximum absolute atomic E-state index is 12.0. The SMILES string of the molecule is CCCC(=O)N1CCN(c2ccc(NC(=O)CCC(C)C)cc2)CC1. The summed E-state index contributed by atoms with van der Waals surface area (Å²) in [5, 5.41) is 2.95. The van der Waals surface area contributed by atoms with Crippen LogP contribution in [0, 0.1) is 5.92 Å². The van der Waals surface area contributed by atoms with Gasteiger partial charge >= 0.3 is 0 Å². The Balaban J connectivity index is 1.82. The van der Waals surface area contributed by atoms with Crippen molar-refractivity contribution in [2.75, 3.05) is 36.4 Å². The minimum Gasteiger partial charge on any atom is -0.368 e. The van der Waals surface area contributed by atoms with E-state index in [1.165, 1.54) is 0 Å². The van der Waals surface area contributed by atoms with Crippen molar-refractivity contribution in [3.05, 3.63) is 24.3 Å². The van der Waals surface area contributed by atoms with Crippen LogP contribution in [0.3, 0.4) is 0 Å². The second kappa shape index (κ2) is 9.44. The first-order chi connectivity index (χ1) is 12.0. The zero-order valence-electron chi connectivity index (χ0n) is 15.8. The fourth-order valence-corrected chi connectivity index (χ4v) is 2.98. The number of hydrogen-bond donors (Lipinski definition) is 1. The molecule has 0 atom stereocenters. The van der Waals surface area contributed by atoms with Gasteiger partial charge in [-0.3, -0.25) is 9.59 Å². The Labute approximate surface area is 151 Å². The van der Waals surface area contributed by atoms with Crippen LogP contribution in [0.25, 0.3) is 0 Å². The predicted octanol–water partition coefficient (Wildman–Crippen LogP) is 3.51. The van der Waals surface area contributed by atoms with E-state index in [1.807, 2.05) is 36.1 Å². The van der Waals surface area contributed by atoms with Gasteiger partial charge in [-0.05, 0) is 43.0 Å². The van der Waals surface area contributed by atoms with Gasteiger partial charge in [0.2, 0.25) is 11.8 Å². The van der Waals surface area contributed by atoms with Crippen LogP contribution in [0.5, 0.6) is 0 Å². The third-order valence-electron chi connectivity index (χ3n) is 4.56. The van der Waals surface area contributed by atoms with Crippen LogP contribution in [0.1, 0.15) is 46.5 Å². The summed E-state index contributed by atoms with van der Waals surface area (Å²) in [5.74, 6) is 0.877. The van der Waals surface area contributed by atoms with E-state index in [-0.39, 0.29) is 11.8 Å². The number of piperazine rings is 1. The number of nitrogens with one attached hydrogen (secondary N) is 1. The number of carbonyl (C=O) groups excluding carboxylic acids is 2. The van der Waals surface area contributed by atoms with E-state index < -0.39 is 0 Å². The number of anilines is 2. The molecule has 5 heteroatoms. The second-order valence-corrected chi connectivity index (χ2v) is 7.15. The average Bonchev–Trinajstić information content (AvgIpc) is 2.61. The standard InChI is InChI=1S/C20H31N3O2/c1-4-5-20(25)23-14-12-22(13-15-23)18-9-7-17(8-10-18)21-19(24)11-6-16(2)3/h7-10,16H,4-6,11-15H2,1-3H3,(H,21,24). The highest BCUT2D eigenvalue weighted by molar-refractivity contribution is 5.90. The minimum absolute atomic E-state index is 0.0736. The predicted molar refractivity (Wildman–Crippen MR) is 103 cm³/mol. The van der Waals surface area contributed by atoms with Crippen molar-refractivity contribution in [2.45, 2.75) is 46.5 Å². The molecule has 0 spiro atoms. The molecule has 1 aromatic rings. The first-order valence-electron chi connectivity index (χ1n) is 9.42. The normalized spacial score (nSPS) is 14.7. The summed E-state index contributed by atoms with van der Waals surface area (Å²) in [6.07, 6.45) is 3.02. The van der Waals surface area contributed by atoms with Crippen LogP contribution in [0.2, 0.25) is 0 Å². The average molecular weight is 345 g/mol. The molecular weight excluding hydrogens is 314 g/mol. The summed E-state index contributed by atoms with van der Waals surface area (Å²) >= 11 is 0. The molecule has 0 unspecified atom stereocenters. The smallest absolute Gasteiger partial charge is 0.224 e. The van der Waals surface area contributed by atoms with Crippen molar-refractivity contribution in [3.63, 3.8) is 0 Å². The summed E-state index contributed by atoms with van der Waals surface area (Å²) in [5.41, 5.74) is 1.98. The maximum Gasteiger partial charge on any atom is 0.224 e. The molecular formula is C20H31N3O2. The molecule has 1 aliphatic rings. The Kier molecular flexibility index (Phi) is 7.29. The lowest BCUT2D eigenvalue weighted by Crippen LogP contribution is -2.48. The summed E-state index contributed by atoms with van der Waals surface area (Å²) in [4.78, 5) is 28.1. The first kappa shape index (κ1) is 19.3. The largest absolute Gasteiger partial charge is 0.368 e. The highest BCUT2D eigenvalue weighted by Gasteiger charge is 2.20. The lowest BCUT2D eigenvalue weighted by molar-refractivity contribution is -0.131. The summed E-state index contributed by atoms with van der Waals surface area (Å²) in [6.45, 7) is 9.57. The molecule has 25 heavy (non-hydrogen) atoms. The van der Waals surface area contributed by atoms with E-state index in [0.717, 1.165) is 50.4 Å². The molecule has 138 valence electrons. The highest BCUT2D eigenvalue weighted by Crippen LogP contribution is 2.20. The van der Waals surface area contributed by atoms with Crippen LogP contribution in [0.4, 0.5) is 11.4 Å². The van der Waals surface area contributed by atoms with Crippen molar-refractivity contribution in [1.82, 2.24) is 4.90 Å². The third kappa shape index (κ3) is 6.07. The number of nitrogens with zero attached hydrogens (tertiary/aromatic N) is 2. The molecule has 1 fully saturated rings. The maximum atomic E-state index is 12.0. The van der Waals surface area contributed by atoms with E-state index in [9.17, 15) is 9.59 Å². The molecule has 1 heterocycles. The van der Waals surface area contributed by atoms with E-state index in [2.05, 4.69) is 24.1 Å². The van der Waals surface area contributed by atoms with Gasteiger partial charge in [-0.25, -0.2) is 0 Å². The lowest BCUT2D eigenvalue weighted by Gasteiger charge is -2.36. The molecule has 2 amide bonds. The summed E-state index contributed by atoms with van der Waals surface area (Å²) in [6, 6.07) is 8.00. The van der Waals surface area contributed by atoms with Gasteiger partial charge in [-0.15, -0.1) is 0 Å². The molecule has 0 radical (unpaired) electrons. The number of amides is 2. The zero-order chi connectivity index (χ0) is 18.2. The highest BCUT2D eigenvalue weighted by atomic mass is 16.2.